The van der Waals surface area contributed by atoms with E-state index in [9.17, 15) is 0 Å². The van der Waals surface area contributed by atoms with Crippen LogP contribution in [0.25, 0.3) is 0 Å². The van der Waals surface area contributed by atoms with Crippen molar-refractivity contribution in [3.8, 4) is 0 Å². The highest BCUT2D eigenvalue weighted by Crippen LogP contribution is 2.50. The van der Waals surface area contributed by atoms with Gasteiger partial charge in [-0.15, -0.1) is 11.3 Å². The minimum atomic E-state index is 0.366. The van der Waals surface area contributed by atoms with E-state index < -0.39 is 0 Å². The highest BCUT2D eigenvalue weighted by Gasteiger charge is 2.46. The van der Waals surface area contributed by atoms with E-state index in [2.05, 4.69) is 22.8 Å². The molecule has 1 N–H and O–H groups in total. The first kappa shape index (κ1) is 9.86. The van der Waals surface area contributed by atoms with E-state index in [1.165, 1.54) is 45.1 Å². The molecular formula is C13H19NS. The van der Waals surface area contributed by atoms with Gasteiger partial charge in [-0.05, 0) is 49.6 Å². The molecule has 0 spiro atoms. The molecule has 15 heavy (non-hydrogen) atoms. The summed E-state index contributed by atoms with van der Waals surface area (Å²) in [5.41, 5.74) is 0.366. The fourth-order valence-corrected chi connectivity index (χ4v) is 3.99. The molecule has 1 aromatic heterocycles. The van der Waals surface area contributed by atoms with Gasteiger partial charge in [0.25, 0.3) is 0 Å². The molecule has 0 bridgehead atoms. The van der Waals surface area contributed by atoms with Crippen LogP contribution in [0.1, 0.15) is 43.4 Å². The SMILES string of the molecule is c1csc(C2(C3CC3)CCCCCN2)c1. The van der Waals surface area contributed by atoms with Gasteiger partial charge in [0.05, 0.1) is 5.54 Å². The molecule has 2 heteroatoms. The summed E-state index contributed by atoms with van der Waals surface area (Å²) in [4.78, 5) is 1.59. The summed E-state index contributed by atoms with van der Waals surface area (Å²) in [7, 11) is 0. The Hall–Kier alpha value is -0.340. The monoisotopic (exact) mass is 221 g/mol. The van der Waals surface area contributed by atoms with Crippen LogP contribution in [0.5, 0.6) is 0 Å². The van der Waals surface area contributed by atoms with Gasteiger partial charge in [0.2, 0.25) is 0 Å². The Kier molecular flexibility index (Phi) is 2.57. The van der Waals surface area contributed by atoms with E-state index >= 15 is 0 Å². The summed E-state index contributed by atoms with van der Waals surface area (Å²) in [5, 5.41) is 6.10. The third-order valence-corrected chi connectivity index (χ3v) is 4.97. The highest BCUT2D eigenvalue weighted by atomic mass is 32.1. The van der Waals surface area contributed by atoms with E-state index in [1.807, 2.05) is 11.3 Å². The minimum absolute atomic E-state index is 0.366. The summed E-state index contributed by atoms with van der Waals surface area (Å²) in [6, 6.07) is 4.54. The summed E-state index contributed by atoms with van der Waals surface area (Å²) in [6.45, 7) is 1.22. The van der Waals surface area contributed by atoms with Crippen molar-refractivity contribution in [1.29, 1.82) is 0 Å². The third-order valence-electron chi connectivity index (χ3n) is 3.92. The lowest BCUT2D eigenvalue weighted by Crippen LogP contribution is -2.43. The number of rotatable bonds is 2. The lowest BCUT2D eigenvalue weighted by molar-refractivity contribution is 0.285. The first-order valence-electron chi connectivity index (χ1n) is 6.21. The molecule has 1 saturated heterocycles. The molecule has 82 valence electrons. The Morgan fingerprint density at radius 3 is 2.93 bits per heavy atom. The molecule has 1 unspecified atom stereocenters. The van der Waals surface area contributed by atoms with Crippen LogP contribution in [0, 0.1) is 5.92 Å². The molecule has 1 aromatic rings. The molecule has 2 heterocycles. The predicted molar refractivity (Wildman–Crippen MR) is 65.2 cm³/mol. The summed E-state index contributed by atoms with van der Waals surface area (Å²) < 4.78 is 0. The van der Waals surface area contributed by atoms with Crippen LogP contribution in [0.3, 0.4) is 0 Å². The lowest BCUT2D eigenvalue weighted by Gasteiger charge is -2.33. The van der Waals surface area contributed by atoms with Crippen molar-refractivity contribution in [2.24, 2.45) is 5.92 Å². The maximum Gasteiger partial charge on any atom is 0.0557 e. The van der Waals surface area contributed by atoms with Crippen molar-refractivity contribution in [3.05, 3.63) is 22.4 Å². The molecule has 2 fully saturated rings. The number of hydrogen-bond donors (Lipinski definition) is 1. The van der Waals surface area contributed by atoms with Gasteiger partial charge in [-0.25, -0.2) is 0 Å². The van der Waals surface area contributed by atoms with E-state index in [1.54, 1.807) is 4.88 Å². The third kappa shape index (κ3) is 1.74. The Morgan fingerprint density at radius 1 is 1.27 bits per heavy atom. The van der Waals surface area contributed by atoms with E-state index in [-0.39, 0.29) is 0 Å². The van der Waals surface area contributed by atoms with E-state index in [0.717, 1.165) is 5.92 Å². The fraction of sp³-hybridized carbons (Fsp3) is 0.692. The normalized spacial score (nSPS) is 32.5. The minimum Gasteiger partial charge on any atom is -0.306 e. The second-order valence-corrected chi connectivity index (χ2v) is 5.91. The zero-order chi connectivity index (χ0) is 10.1. The zero-order valence-electron chi connectivity index (χ0n) is 9.17. The molecule has 0 aromatic carbocycles. The molecule has 1 saturated carbocycles. The molecule has 0 amide bonds. The fourth-order valence-electron chi connectivity index (χ4n) is 2.97. The second kappa shape index (κ2) is 3.91. The molecule has 0 radical (unpaired) electrons. The van der Waals surface area contributed by atoms with Gasteiger partial charge in [-0.3, -0.25) is 0 Å². The van der Waals surface area contributed by atoms with Gasteiger partial charge in [0.15, 0.2) is 0 Å². The van der Waals surface area contributed by atoms with Gasteiger partial charge in [-0.2, -0.15) is 0 Å². The van der Waals surface area contributed by atoms with Crippen LogP contribution in [0.15, 0.2) is 17.5 Å². The topological polar surface area (TPSA) is 12.0 Å². The highest BCUT2D eigenvalue weighted by molar-refractivity contribution is 7.10. The molecule has 1 aliphatic carbocycles. The largest absolute Gasteiger partial charge is 0.306 e. The van der Waals surface area contributed by atoms with Crippen LogP contribution >= 0.6 is 11.3 Å². The molecule has 1 aliphatic heterocycles. The Bertz CT molecular complexity index is 305. The molecule has 2 aliphatic rings. The van der Waals surface area contributed by atoms with E-state index in [0.29, 0.717) is 5.54 Å². The molecular weight excluding hydrogens is 202 g/mol. The Labute approximate surface area is 95.9 Å². The second-order valence-electron chi connectivity index (χ2n) is 4.96. The maximum absolute atomic E-state index is 3.87. The van der Waals surface area contributed by atoms with Crippen LogP contribution < -0.4 is 5.32 Å². The first-order chi connectivity index (χ1) is 7.42. The quantitative estimate of drug-likeness (QED) is 0.805. The van der Waals surface area contributed by atoms with E-state index in [4.69, 9.17) is 0 Å². The summed E-state index contributed by atoms with van der Waals surface area (Å²) in [5.74, 6) is 0.925. The summed E-state index contributed by atoms with van der Waals surface area (Å²) in [6.07, 6.45) is 8.40. The Morgan fingerprint density at radius 2 is 2.20 bits per heavy atom. The van der Waals surface area contributed by atoms with Gasteiger partial charge in [-0.1, -0.05) is 18.9 Å². The van der Waals surface area contributed by atoms with Crippen LogP contribution in [-0.2, 0) is 5.54 Å². The maximum atomic E-state index is 3.87. The molecule has 3 rings (SSSR count). The predicted octanol–water partition coefficient (Wildman–Crippen LogP) is 3.52. The number of nitrogens with one attached hydrogen (secondary N) is 1. The molecule has 1 nitrogen and oxygen atoms in total. The van der Waals surface area contributed by atoms with Crippen molar-refractivity contribution in [2.75, 3.05) is 6.54 Å². The average Bonchev–Trinajstić information content (AvgIpc) is 3.01. The van der Waals surface area contributed by atoms with Gasteiger partial charge >= 0.3 is 0 Å². The number of hydrogen-bond acceptors (Lipinski definition) is 2. The van der Waals surface area contributed by atoms with Gasteiger partial charge in [0, 0.05) is 4.88 Å². The van der Waals surface area contributed by atoms with Crippen LogP contribution in [0.2, 0.25) is 0 Å². The average molecular weight is 221 g/mol. The van der Waals surface area contributed by atoms with Crippen molar-refractivity contribution in [3.63, 3.8) is 0 Å². The zero-order valence-corrected chi connectivity index (χ0v) is 9.98. The number of thiophene rings is 1. The van der Waals surface area contributed by atoms with Gasteiger partial charge in [0.1, 0.15) is 0 Å². The smallest absolute Gasteiger partial charge is 0.0557 e. The summed E-state index contributed by atoms with van der Waals surface area (Å²) >= 11 is 1.94. The Balaban J connectivity index is 1.92. The lowest BCUT2D eigenvalue weighted by atomic mass is 9.86. The van der Waals surface area contributed by atoms with Crippen molar-refractivity contribution >= 4 is 11.3 Å². The van der Waals surface area contributed by atoms with Crippen molar-refractivity contribution in [2.45, 2.75) is 44.1 Å². The van der Waals surface area contributed by atoms with Crippen LogP contribution in [-0.4, -0.2) is 6.54 Å². The first-order valence-corrected chi connectivity index (χ1v) is 7.09. The molecule has 1 atom stereocenters. The standard InChI is InChI=1S/C13H19NS/c1-2-8-13(11-6-7-11,14-9-3-1)12-5-4-10-15-12/h4-5,10-11,14H,1-3,6-9H2. The van der Waals surface area contributed by atoms with Gasteiger partial charge < -0.3 is 5.32 Å². The van der Waals surface area contributed by atoms with Crippen LogP contribution in [0.4, 0.5) is 0 Å². The van der Waals surface area contributed by atoms with Crippen molar-refractivity contribution in [1.82, 2.24) is 5.32 Å². The van der Waals surface area contributed by atoms with Crippen molar-refractivity contribution < 1.29 is 0 Å².